The Labute approximate surface area is 117 Å². The lowest BCUT2D eigenvalue weighted by Gasteiger charge is -2.12. The van der Waals surface area contributed by atoms with Crippen molar-refractivity contribution in [2.75, 3.05) is 0 Å². The van der Waals surface area contributed by atoms with Crippen molar-refractivity contribution in [2.45, 2.75) is 25.3 Å². The van der Waals surface area contributed by atoms with E-state index in [-0.39, 0.29) is 17.8 Å². The number of amides is 1. The molecule has 0 unspecified atom stereocenters. The Hall–Kier alpha value is -1.74. The molecule has 0 bridgehead atoms. The third kappa shape index (κ3) is 3.86. The zero-order valence-electron chi connectivity index (χ0n) is 10.7. The van der Waals surface area contributed by atoms with Gasteiger partial charge in [-0.05, 0) is 31.0 Å². The number of nitrogens with one attached hydrogen (secondary N) is 1. The van der Waals surface area contributed by atoms with Crippen LogP contribution in [0, 0.1) is 0 Å². The van der Waals surface area contributed by atoms with Crippen molar-refractivity contribution in [2.24, 2.45) is 0 Å². The molecule has 19 heavy (non-hydrogen) atoms. The Balaban J connectivity index is 1.91. The second-order valence-electron chi connectivity index (χ2n) is 4.46. The van der Waals surface area contributed by atoms with Crippen LogP contribution in [0.5, 0.6) is 0 Å². The molecule has 100 valence electrons. The van der Waals surface area contributed by atoms with Gasteiger partial charge in [0.1, 0.15) is 5.76 Å². The van der Waals surface area contributed by atoms with Crippen LogP contribution in [0.1, 0.15) is 28.8 Å². The lowest BCUT2D eigenvalue weighted by Crippen LogP contribution is -2.33. The van der Waals surface area contributed by atoms with Crippen LogP contribution in [0.25, 0.3) is 0 Å². The van der Waals surface area contributed by atoms with Crippen LogP contribution in [-0.2, 0) is 12.3 Å². The number of halogens is 1. The summed E-state index contributed by atoms with van der Waals surface area (Å²) in [6.07, 6.45) is 0.787. The molecule has 1 aromatic heterocycles. The van der Waals surface area contributed by atoms with Gasteiger partial charge in [-0.2, -0.15) is 0 Å². The first kappa shape index (κ1) is 13.7. The highest BCUT2D eigenvalue weighted by molar-refractivity contribution is 6.16. The van der Waals surface area contributed by atoms with Crippen molar-refractivity contribution in [3.05, 3.63) is 59.5 Å². The van der Waals surface area contributed by atoms with Crippen molar-refractivity contribution < 1.29 is 9.21 Å². The first-order chi connectivity index (χ1) is 9.19. The number of carbonyl (C=O) groups is 1. The molecule has 0 radical (unpaired) electrons. The van der Waals surface area contributed by atoms with E-state index in [1.807, 2.05) is 37.3 Å². The summed E-state index contributed by atoms with van der Waals surface area (Å²) in [7, 11) is 0. The monoisotopic (exact) mass is 277 g/mol. The molecule has 1 heterocycles. The van der Waals surface area contributed by atoms with Gasteiger partial charge in [0.05, 0.1) is 5.88 Å². The van der Waals surface area contributed by atoms with Gasteiger partial charge in [0, 0.05) is 6.04 Å². The topological polar surface area (TPSA) is 42.2 Å². The molecule has 1 atom stereocenters. The summed E-state index contributed by atoms with van der Waals surface area (Å²) >= 11 is 5.63. The molecule has 1 N–H and O–H groups in total. The average Bonchev–Trinajstić information content (AvgIpc) is 2.88. The Morgan fingerprint density at radius 2 is 2.00 bits per heavy atom. The summed E-state index contributed by atoms with van der Waals surface area (Å²) in [4.78, 5) is 11.9. The maximum absolute atomic E-state index is 11.9. The Bertz CT molecular complexity index is 536. The maximum Gasteiger partial charge on any atom is 0.287 e. The zero-order valence-corrected chi connectivity index (χ0v) is 11.5. The van der Waals surface area contributed by atoms with Gasteiger partial charge in [-0.3, -0.25) is 4.79 Å². The van der Waals surface area contributed by atoms with Crippen molar-refractivity contribution in [3.8, 4) is 0 Å². The molecule has 4 heteroatoms. The first-order valence-electron chi connectivity index (χ1n) is 6.18. The van der Waals surface area contributed by atoms with Crippen molar-refractivity contribution in [3.63, 3.8) is 0 Å². The van der Waals surface area contributed by atoms with Crippen LogP contribution in [0.3, 0.4) is 0 Å². The number of benzene rings is 1. The first-order valence-corrected chi connectivity index (χ1v) is 6.72. The molecule has 0 aliphatic carbocycles. The fraction of sp³-hybridized carbons (Fsp3) is 0.267. The minimum Gasteiger partial charge on any atom is -0.455 e. The number of hydrogen-bond acceptors (Lipinski definition) is 2. The third-order valence-electron chi connectivity index (χ3n) is 2.78. The maximum atomic E-state index is 11.9. The van der Waals surface area contributed by atoms with Crippen molar-refractivity contribution in [1.29, 1.82) is 0 Å². The summed E-state index contributed by atoms with van der Waals surface area (Å²) in [6, 6.07) is 13.4. The predicted molar refractivity (Wildman–Crippen MR) is 75.3 cm³/mol. The number of furan rings is 1. The lowest BCUT2D eigenvalue weighted by molar-refractivity contribution is 0.0910. The van der Waals surface area contributed by atoms with Gasteiger partial charge < -0.3 is 9.73 Å². The van der Waals surface area contributed by atoms with Gasteiger partial charge >= 0.3 is 0 Å². The molecule has 0 aliphatic heterocycles. The predicted octanol–water partition coefficient (Wildman–Crippen LogP) is 3.38. The molecule has 0 fully saturated rings. The Kier molecular flexibility index (Phi) is 4.63. The van der Waals surface area contributed by atoms with E-state index in [1.54, 1.807) is 12.1 Å². The zero-order chi connectivity index (χ0) is 13.7. The van der Waals surface area contributed by atoms with Gasteiger partial charge in [-0.1, -0.05) is 30.3 Å². The highest BCUT2D eigenvalue weighted by Crippen LogP contribution is 2.10. The Morgan fingerprint density at radius 1 is 1.26 bits per heavy atom. The van der Waals surface area contributed by atoms with E-state index < -0.39 is 0 Å². The smallest absolute Gasteiger partial charge is 0.287 e. The van der Waals surface area contributed by atoms with E-state index in [9.17, 15) is 4.79 Å². The quantitative estimate of drug-likeness (QED) is 0.852. The van der Waals surface area contributed by atoms with E-state index in [0.717, 1.165) is 6.42 Å². The molecular formula is C15H16ClNO2. The third-order valence-corrected chi connectivity index (χ3v) is 3.04. The lowest BCUT2D eigenvalue weighted by atomic mass is 10.1. The average molecular weight is 278 g/mol. The van der Waals surface area contributed by atoms with Crippen molar-refractivity contribution in [1.82, 2.24) is 5.32 Å². The SMILES string of the molecule is C[C@@H](Cc1ccccc1)NC(=O)c1ccc(CCl)o1. The molecule has 0 saturated heterocycles. The van der Waals surface area contributed by atoms with Gasteiger partial charge in [-0.25, -0.2) is 0 Å². The van der Waals surface area contributed by atoms with Crippen LogP contribution in [0.15, 0.2) is 46.9 Å². The number of alkyl halides is 1. The molecule has 3 nitrogen and oxygen atoms in total. The van der Waals surface area contributed by atoms with E-state index in [4.69, 9.17) is 16.0 Å². The molecule has 1 amide bonds. The molecule has 2 aromatic rings. The van der Waals surface area contributed by atoms with Crippen LogP contribution < -0.4 is 5.32 Å². The van der Waals surface area contributed by atoms with E-state index in [1.165, 1.54) is 5.56 Å². The number of rotatable bonds is 5. The van der Waals surface area contributed by atoms with E-state index in [2.05, 4.69) is 5.32 Å². The number of carbonyl (C=O) groups excluding carboxylic acids is 1. The second-order valence-corrected chi connectivity index (χ2v) is 4.73. The summed E-state index contributed by atoms with van der Waals surface area (Å²) in [5, 5.41) is 2.91. The van der Waals surface area contributed by atoms with E-state index >= 15 is 0 Å². The standard InChI is InChI=1S/C15H16ClNO2/c1-11(9-12-5-3-2-4-6-12)17-15(18)14-8-7-13(10-16)19-14/h2-8,11H,9-10H2,1H3,(H,17,18)/t11-/m0/s1. The summed E-state index contributed by atoms with van der Waals surface area (Å²) in [6.45, 7) is 1.97. The van der Waals surface area contributed by atoms with Crippen LogP contribution in [0.2, 0.25) is 0 Å². The summed E-state index contributed by atoms with van der Waals surface area (Å²) in [5.41, 5.74) is 1.19. The van der Waals surface area contributed by atoms with Gasteiger partial charge in [0.25, 0.3) is 5.91 Å². The molecular weight excluding hydrogens is 262 g/mol. The highest BCUT2D eigenvalue weighted by Gasteiger charge is 2.13. The number of hydrogen-bond donors (Lipinski definition) is 1. The fourth-order valence-corrected chi connectivity index (χ4v) is 2.03. The minimum absolute atomic E-state index is 0.0412. The largest absolute Gasteiger partial charge is 0.455 e. The fourth-order valence-electron chi connectivity index (χ4n) is 1.89. The molecule has 1 aromatic carbocycles. The van der Waals surface area contributed by atoms with Crippen molar-refractivity contribution >= 4 is 17.5 Å². The molecule has 0 spiro atoms. The minimum atomic E-state index is -0.209. The highest BCUT2D eigenvalue weighted by atomic mass is 35.5. The van der Waals surface area contributed by atoms with Gasteiger partial charge in [0.2, 0.25) is 0 Å². The Morgan fingerprint density at radius 3 is 2.63 bits per heavy atom. The molecule has 0 saturated carbocycles. The summed E-state index contributed by atoms with van der Waals surface area (Å²) < 4.78 is 5.30. The van der Waals surface area contributed by atoms with E-state index in [0.29, 0.717) is 11.5 Å². The van der Waals surface area contributed by atoms with Crippen LogP contribution in [0.4, 0.5) is 0 Å². The van der Waals surface area contributed by atoms with Gasteiger partial charge in [-0.15, -0.1) is 11.6 Å². The second kappa shape index (κ2) is 6.43. The summed E-state index contributed by atoms with van der Waals surface area (Å²) in [5.74, 6) is 0.963. The molecule has 0 aliphatic rings. The van der Waals surface area contributed by atoms with Gasteiger partial charge in [0.15, 0.2) is 5.76 Å². The normalized spacial score (nSPS) is 12.1. The van der Waals surface area contributed by atoms with Crippen LogP contribution >= 0.6 is 11.6 Å². The molecule has 2 rings (SSSR count). The van der Waals surface area contributed by atoms with Crippen LogP contribution in [-0.4, -0.2) is 11.9 Å².